The number of ether oxygens (including phenoxy) is 2. The van der Waals surface area contributed by atoms with Gasteiger partial charge in [0.25, 0.3) is 5.91 Å². The van der Waals surface area contributed by atoms with Crippen LogP contribution in [0, 0.1) is 0 Å². The molecule has 1 aliphatic heterocycles. The monoisotopic (exact) mass is 354 g/mol. The summed E-state index contributed by atoms with van der Waals surface area (Å²) in [6.07, 6.45) is 0.536. The number of benzene rings is 2. The van der Waals surface area contributed by atoms with E-state index in [0.717, 1.165) is 12.0 Å². The number of hydrogen-bond acceptors (Lipinski definition) is 5. The quantitative estimate of drug-likeness (QED) is 0.830. The number of carbonyl (C=O) groups is 1. The molecule has 0 bridgehead atoms. The van der Waals surface area contributed by atoms with Gasteiger partial charge in [-0.25, -0.2) is 0 Å². The van der Waals surface area contributed by atoms with Gasteiger partial charge in [0.2, 0.25) is 6.10 Å². The summed E-state index contributed by atoms with van der Waals surface area (Å²) in [5.74, 6) is 1.19. The Morgan fingerprint density at radius 1 is 1.19 bits per heavy atom. The van der Waals surface area contributed by atoms with E-state index in [4.69, 9.17) is 14.3 Å². The summed E-state index contributed by atoms with van der Waals surface area (Å²) in [5.41, 5.74) is 2.62. The predicted octanol–water partition coefficient (Wildman–Crippen LogP) is 2.56. The molecule has 1 atom stereocenters. The van der Waals surface area contributed by atoms with Crippen LogP contribution in [0.3, 0.4) is 0 Å². The lowest BCUT2D eigenvalue weighted by atomic mass is 10.0. The fourth-order valence-electron chi connectivity index (χ4n) is 2.81. The Labute approximate surface area is 152 Å². The van der Waals surface area contributed by atoms with E-state index in [2.05, 4.69) is 10.5 Å². The van der Waals surface area contributed by atoms with Crippen molar-refractivity contribution in [2.75, 3.05) is 20.8 Å². The average Bonchev–Trinajstić information content (AvgIpc) is 3.18. The third-order valence-corrected chi connectivity index (χ3v) is 4.23. The van der Waals surface area contributed by atoms with E-state index in [0.29, 0.717) is 30.2 Å². The first-order valence-electron chi connectivity index (χ1n) is 8.48. The molecule has 0 aromatic heterocycles. The van der Waals surface area contributed by atoms with Gasteiger partial charge in [-0.05, 0) is 30.2 Å². The minimum absolute atomic E-state index is 0.165. The molecule has 6 heteroatoms. The number of nitrogens with one attached hydrogen (secondary N) is 1. The molecule has 0 radical (unpaired) electrons. The van der Waals surface area contributed by atoms with Crippen molar-refractivity contribution in [3.8, 4) is 11.5 Å². The number of rotatable bonds is 7. The molecule has 136 valence electrons. The van der Waals surface area contributed by atoms with Crippen LogP contribution >= 0.6 is 0 Å². The highest BCUT2D eigenvalue weighted by molar-refractivity contribution is 6.06. The molecule has 2 aromatic carbocycles. The zero-order valence-corrected chi connectivity index (χ0v) is 14.9. The number of hydrogen-bond donors (Lipinski definition) is 1. The maximum absolute atomic E-state index is 12.3. The first kappa shape index (κ1) is 17.8. The zero-order valence-electron chi connectivity index (χ0n) is 14.9. The third kappa shape index (κ3) is 4.14. The number of amides is 1. The van der Waals surface area contributed by atoms with Gasteiger partial charge < -0.3 is 19.6 Å². The fraction of sp³-hybridized carbons (Fsp3) is 0.300. The lowest BCUT2D eigenvalue weighted by Gasteiger charge is -2.11. The number of nitrogens with zero attached hydrogens (tertiary/aromatic N) is 1. The molecule has 1 N–H and O–H groups in total. The minimum Gasteiger partial charge on any atom is -0.497 e. The lowest BCUT2D eigenvalue weighted by Crippen LogP contribution is -2.36. The van der Waals surface area contributed by atoms with Gasteiger partial charge in [-0.15, -0.1) is 0 Å². The number of oxime groups is 1. The molecule has 3 rings (SSSR count). The van der Waals surface area contributed by atoms with Gasteiger partial charge in [-0.3, -0.25) is 4.79 Å². The van der Waals surface area contributed by atoms with Crippen molar-refractivity contribution in [2.45, 2.75) is 18.9 Å². The van der Waals surface area contributed by atoms with E-state index in [-0.39, 0.29) is 5.91 Å². The Bertz CT molecular complexity index is 790. The SMILES string of the molecule is COc1ccc(OC)c(C2=NO[C@@H](C(=O)NCCc3ccccc3)C2)c1. The van der Waals surface area contributed by atoms with Crippen LogP contribution in [0.5, 0.6) is 11.5 Å². The van der Waals surface area contributed by atoms with Gasteiger partial charge in [0.15, 0.2) is 0 Å². The second-order valence-electron chi connectivity index (χ2n) is 5.93. The molecular weight excluding hydrogens is 332 g/mol. The summed E-state index contributed by atoms with van der Waals surface area (Å²) in [4.78, 5) is 17.7. The molecule has 1 heterocycles. The van der Waals surface area contributed by atoms with Crippen LogP contribution in [0.15, 0.2) is 53.7 Å². The lowest BCUT2D eigenvalue weighted by molar-refractivity contribution is -0.131. The summed E-state index contributed by atoms with van der Waals surface area (Å²) in [6, 6.07) is 15.5. The molecule has 26 heavy (non-hydrogen) atoms. The highest BCUT2D eigenvalue weighted by atomic mass is 16.6. The normalized spacial score (nSPS) is 15.8. The first-order chi connectivity index (χ1) is 12.7. The van der Waals surface area contributed by atoms with Crippen molar-refractivity contribution in [1.82, 2.24) is 5.32 Å². The van der Waals surface area contributed by atoms with Crippen molar-refractivity contribution >= 4 is 11.6 Å². The Morgan fingerprint density at radius 2 is 2.00 bits per heavy atom. The van der Waals surface area contributed by atoms with Crippen molar-refractivity contribution in [3.63, 3.8) is 0 Å². The summed E-state index contributed by atoms with van der Waals surface area (Å²) >= 11 is 0. The zero-order chi connectivity index (χ0) is 18.4. The first-order valence-corrected chi connectivity index (χ1v) is 8.48. The van der Waals surface area contributed by atoms with Gasteiger partial charge in [-0.2, -0.15) is 0 Å². The van der Waals surface area contributed by atoms with E-state index in [1.165, 1.54) is 5.56 Å². The van der Waals surface area contributed by atoms with E-state index in [1.807, 2.05) is 48.5 Å². The second-order valence-corrected chi connectivity index (χ2v) is 5.93. The van der Waals surface area contributed by atoms with Crippen LogP contribution in [-0.4, -0.2) is 38.5 Å². The van der Waals surface area contributed by atoms with E-state index < -0.39 is 6.10 Å². The van der Waals surface area contributed by atoms with Crippen LogP contribution in [0.4, 0.5) is 0 Å². The van der Waals surface area contributed by atoms with Crippen LogP contribution in [-0.2, 0) is 16.1 Å². The Hall–Kier alpha value is -3.02. The van der Waals surface area contributed by atoms with Gasteiger partial charge in [-0.1, -0.05) is 35.5 Å². The molecule has 0 saturated carbocycles. The van der Waals surface area contributed by atoms with Crippen molar-refractivity contribution in [2.24, 2.45) is 5.16 Å². The van der Waals surface area contributed by atoms with Crippen LogP contribution in [0.2, 0.25) is 0 Å². The summed E-state index contributed by atoms with van der Waals surface area (Å²) in [6.45, 7) is 0.556. The van der Waals surface area contributed by atoms with Gasteiger partial charge in [0.1, 0.15) is 11.5 Å². The van der Waals surface area contributed by atoms with Crippen LogP contribution in [0.25, 0.3) is 0 Å². The van der Waals surface area contributed by atoms with E-state index >= 15 is 0 Å². The highest BCUT2D eigenvalue weighted by Crippen LogP contribution is 2.28. The predicted molar refractivity (Wildman–Crippen MR) is 98.7 cm³/mol. The molecule has 1 aliphatic rings. The summed E-state index contributed by atoms with van der Waals surface area (Å²) in [5, 5.41) is 6.98. The Balaban J connectivity index is 1.57. The molecule has 0 spiro atoms. The third-order valence-electron chi connectivity index (χ3n) is 4.23. The molecular formula is C20H22N2O4. The summed E-state index contributed by atoms with van der Waals surface area (Å²) in [7, 11) is 3.19. The average molecular weight is 354 g/mol. The molecule has 0 aliphatic carbocycles. The van der Waals surface area contributed by atoms with E-state index in [1.54, 1.807) is 14.2 Å². The van der Waals surface area contributed by atoms with Gasteiger partial charge in [0.05, 0.1) is 19.9 Å². The standard InChI is InChI=1S/C20H22N2O4/c1-24-15-8-9-18(25-2)16(12-15)17-13-19(26-22-17)20(23)21-11-10-14-6-4-3-5-7-14/h3-9,12,19H,10-11,13H2,1-2H3,(H,21,23)/t19-/m1/s1. The Kier molecular flexibility index (Phi) is 5.73. The molecule has 0 unspecified atom stereocenters. The molecule has 2 aromatic rings. The second kappa shape index (κ2) is 8.38. The maximum Gasteiger partial charge on any atom is 0.264 e. The topological polar surface area (TPSA) is 69.1 Å². The van der Waals surface area contributed by atoms with Crippen LogP contribution < -0.4 is 14.8 Å². The Morgan fingerprint density at radius 3 is 2.73 bits per heavy atom. The number of methoxy groups -OCH3 is 2. The fourth-order valence-corrected chi connectivity index (χ4v) is 2.81. The smallest absolute Gasteiger partial charge is 0.264 e. The van der Waals surface area contributed by atoms with Crippen molar-refractivity contribution in [1.29, 1.82) is 0 Å². The summed E-state index contributed by atoms with van der Waals surface area (Å²) < 4.78 is 10.6. The molecule has 1 amide bonds. The van der Waals surface area contributed by atoms with E-state index in [9.17, 15) is 4.79 Å². The van der Waals surface area contributed by atoms with Crippen molar-refractivity contribution < 1.29 is 19.1 Å². The van der Waals surface area contributed by atoms with Crippen molar-refractivity contribution in [3.05, 3.63) is 59.7 Å². The highest BCUT2D eigenvalue weighted by Gasteiger charge is 2.30. The molecule has 0 fully saturated rings. The largest absolute Gasteiger partial charge is 0.497 e. The molecule has 0 saturated heterocycles. The maximum atomic E-state index is 12.3. The number of carbonyl (C=O) groups excluding carboxylic acids is 1. The van der Waals surface area contributed by atoms with Crippen LogP contribution in [0.1, 0.15) is 17.5 Å². The van der Waals surface area contributed by atoms with Gasteiger partial charge >= 0.3 is 0 Å². The minimum atomic E-state index is -0.628. The van der Waals surface area contributed by atoms with Gasteiger partial charge in [0, 0.05) is 18.5 Å². The molecule has 6 nitrogen and oxygen atoms in total.